The molecular formula is C19H24ClN3O. The van der Waals surface area contributed by atoms with E-state index < -0.39 is 0 Å². The molecule has 4 nitrogen and oxygen atoms in total. The van der Waals surface area contributed by atoms with Gasteiger partial charge in [0.1, 0.15) is 11.9 Å². The number of aromatic nitrogens is 2. The monoisotopic (exact) mass is 345 g/mol. The standard InChI is InChI=1S/C19H24ClN3O/c1-23-13-12-21-19(23)18(15-7-9-16(20)10-8-15)22-17(24)11-6-14-4-2-3-5-14/h7-10,12-14,18H,2-6,11H2,1H3,(H,22,24). The molecule has 0 bridgehead atoms. The van der Waals surface area contributed by atoms with Crippen molar-refractivity contribution in [1.82, 2.24) is 14.9 Å². The van der Waals surface area contributed by atoms with Gasteiger partial charge >= 0.3 is 0 Å². The summed E-state index contributed by atoms with van der Waals surface area (Å²) in [4.78, 5) is 16.9. The molecule has 2 aromatic rings. The summed E-state index contributed by atoms with van der Waals surface area (Å²) in [5, 5.41) is 3.84. The number of carbonyl (C=O) groups is 1. The van der Waals surface area contributed by atoms with Crippen LogP contribution in [0.1, 0.15) is 56.0 Å². The summed E-state index contributed by atoms with van der Waals surface area (Å²) in [6.07, 6.45) is 10.4. The van der Waals surface area contributed by atoms with Crippen LogP contribution in [0.2, 0.25) is 5.02 Å². The summed E-state index contributed by atoms with van der Waals surface area (Å²) in [6.45, 7) is 0. The van der Waals surface area contributed by atoms with Crippen molar-refractivity contribution in [3.63, 3.8) is 0 Å². The van der Waals surface area contributed by atoms with E-state index in [0.717, 1.165) is 23.7 Å². The van der Waals surface area contributed by atoms with Gasteiger partial charge in [-0.05, 0) is 30.0 Å². The Morgan fingerprint density at radius 3 is 2.67 bits per heavy atom. The van der Waals surface area contributed by atoms with Gasteiger partial charge in [-0.25, -0.2) is 4.98 Å². The third-order valence-corrected chi connectivity index (χ3v) is 5.13. The molecule has 1 aliphatic carbocycles. The van der Waals surface area contributed by atoms with Gasteiger partial charge in [0.25, 0.3) is 0 Å². The number of benzene rings is 1. The second kappa shape index (κ2) is 7.84. The second-order valence-corrected chi connectivity index (χ2v) is 7.07. The van der Waals surface area contributed by atoms with Gasteiger partial charge in [0.05, 0.1) is 0 Å². The van der Waals surface area contributed by atoms with Crippen molar-refractivity contribution in [3.05, 3.63) is 53.1 Å². The van der Waals surface area contributed by atoms with Crippen molar-refractivity contribution < 1.29 is 4.79 Å². The predicted octanol–water partition coefficient (Wildman–Crippen LogP) is 4.25. The van der Waals surface area contributed by atoms with E-state index in [0.29, 0.717) is 11.4 Å². The first kappa shape index (κ1) is 17.0. The fraction of sp³-hybridized carbons (Fsp3) is 0.474. The third kappa shape index (κ3) is 4.18. The summed E-state index contributed by atoms with van der Waals surface area (Å²) in [7, 11) is 1.94. The van der Waals surface area contributed by atoms with Crippen molar-refractivity contribution in [3.8, 4) is 0 Å². The van der Waals surface area contributed by atoms with E-state index in [1.165, 1.54) is 25.7 Å². The van der Waals surface area contributed by atoms with Crippen LogP contribution in [0.15, 0.2) is 36.7 Å². The molecule has 1 saturated carbocycles. The number of aryl methyl sites for hydroxylation is 1. The number of halogens is 1. The zero-order valence-corrected chi connectivity index (χ0v) is 14.8. The smallest absolute Gasteiger partial charge is 0.220 e. The molecule has 0 aliphatic heterocycles. The summed E-state index contributed by atoms with van der Waals surface area (Å²) in [5.41, 5.74) is 0.989. The normalized spacial score (nSPS) is 16.2. The van der Waals surface area contributed by atoms with Gasteiger partial charge in [-0.3, -0.25) is 4.79 Å². The molecule has 3 rings (SSSR count). The average Bonchev–Trinajstić information content (AvgIpc) is 3.23. The van der Waals surface area contributed by atoms with Crippen molar-refractivity contribution in [2.75, 3.05) is 0 Å². The molecule has 5 heteroatoms. The van der Waals surface area contributed by atoms with Crippen LogP contribution in [0.3, 0.4) is 0 Å². The van der Waals surface area contributed by atoms with E-state index in [-0.39, 0.29) is 11.9 Å². The molecule has 0 saturated heterocycles. The molecule has 1 aromatic carbocycles. The van der Waals surface area contributed by atoms with E-state index in [1.807, 2.05) is 42.1 Å². The minimum atomic E-state index is -0.252. The lowest BCUT2D eigenvalue weighted by Gasteiger charge is -2.20. The van der Waals surface area contributed by atoms with Gasteiger partial charge in [0, 0.05) is 30.9 Å². The molecule has 1 fully saturated rings. The van der Waals surface area contributed by atoms with Gasteiger partial charge in [-0.15, -0.1) is 0 Å². The molecular weight excluding hydrogens is 322 g/mol. The Balaban J connectivity index is 1.71. The number of nitrogens with one attached hydrogen (secondary N) is 1. The van der Waals surface area contributed by atoms with Crippen molar-refractivity contribution >= 4 is 17.5 Å². The Labute approximate surface area is 148 Å². The number of imidazole rings is 1. The quantitative estimate of drug-likeness (QED) is 0.850. The first-order chi connectivity index (χ1) is 11.6. The van der Waals surface area contributed by atoms with E-state index in [4.69, 9.17) is 11.6 Å². The molecule has 0 spiro atoms. The largest absolute Gasteiger partial charge is 0.342 e. The number of nitrogens with zero attached hydrogens (tertiary/aromatic N) is 2. The zero-order valence-electron chi connectivity index (χ0n) is 14.0. The average molecular weight is 346 g/mol. The molecule has 1 atom stereocenters. The van der Waals surface area contributed by atoms with E-state index >= 15 is 0 Å². The Bertz CT molecular complexity index is 674. The lowest BCUT2D eigenvalue weighted by Crippen LogP contribution is -2.31. The predicted molar refractivity (Wildman–Crippen MR) is 95.8 cm³/mol. The summed E-state index contributed by atoms with van der Waals surface area (Å²) >= 11 is 5.99. The van der Waals surface area contributed by atoms with Crippen LogP contribution in [-0.2, 0) is 11.8 Å². The Kier molecular flexibility index (Phi) is 5.56. The number of hydrogen-bond acceptors (Lipinski definition) is 2. The summed E-state index contributed by atoms with van der Waals surface area (Å²) in [6, 6.07) is 7.32. The lowest BCUT2D eigenvalue weighted by atomic mass is 10.0. The summed E-state index contributed by atoms with van der Waals surface area (Å²) in [5.74, 6) is 1.63. The summed E-state index contributed by atoms with van der Waals surface area (Å²) < 4.78 is 1.94. The highest BCUT2D eigenvalue weighted by molar-refractivity contribution is 6.30. The molecule has 1 heterocycles. The molecule has 0 radical (unpaired) electrons. The minimum absolute atomic E-state index is 0.0878. The zero-order chi connectivity index (χ0) is 16.9. The first-order valence-corrected chi connectivity index (χ1v) is 9.03. The minimum Gasteiger partial charge on any atom is -0.342 e. The van der Waals surface area contributed by atoms with Crippen molar-refractivity contribution in [1.29, 1.82) is 0 Å². The van der Waals surface area contributed by atoms with Gasteiger partial charge < -0.3 is 9.88 Å². The topological polar surface area (TPSA) is 46.9 Å². The molecule has 1 unspecified atom stereocenters. The lowest BCUT2D eigenvalue weighted by molar-refractivity contribution is -0.121. The number of carbonyl (C=O) groups excluding carboxylic acids is 1. The van der Waals surface area contributed by atoms with Gasteiger partial charge in [-0.2, -0.15) is 0 Å². The molecule has 1 aliphatic rings. The Morgan fingerprint density at radius 1 is 1.33 bits per heavy atom. The molecule has 1 N–H and O–H groups in total. The van der Waals surface area contributed by atoms with Crippen LogP contribution < -0.4 is 5.32 Å². The maximum Gasteiger partial charge on any atom is 0.220 e. The van der Waals surface area contributed by atoms with Gasteiger partial charge in [0.15, 0.2) is 0 Å². The third-order valence-electron chi connectivity index (χ3n) is 4.88. The van der Waals surface area contributed by atoms with Crippen LogP contribution in [-0.4, -0.2) is 15.5 Å². The van der Waals surface area contributed by atoms with Crippen LogP contribution >= 0.6 is 11.6 Å². The molecule has 128 valence electrons. The fourth-order valence-corrected chi connectivity index (χ4v) is 3.60. The Morgan fingerprint density at radius 2 is 2.04 bits per heavy atom. The first-order valence-electron chi connectivity index (χ1n) is 8.65. The highest BCUT2D eigenvalue weighted by Crippen LogP contribution is 2.29. The van der Waals surface area contributed by atoms with Crippen LogP contribution in [0, 0.1) is 5.92 Å². The van der Waals surface area contributed by atoms with Crippen LogP contribution in [0.5, 0.6) is 0 Å². The molecule has 1 aromatic heterocycles. The van der Waals surface area contributed by atoms with Crippen molar-refractivity contribution in [2.24, 2.45) is 13.0 Å². The highest BCUT2D eigenvalue weighted by atomic mass is 35.5. The fourth-order valence-electron chi connectivity index (χ4n) is 3.47. The number of rotatable bonds is 6. The molecule has 24 heavy (non-hydrogen) atoms. The molecule has 1 amide bonds. The maximum absolute atomic E-state index is 12.5. The van der Waals surface area contributed by atoms with Crippen LogP contribution in [0.25, 0.3) is 0 Å². The van der Waals surface area contributed by atoms with E-state index in [1.54, 1.807) is 6.20 Å². The maximum atomic E-state index is 12.5. The van der Waals surface area contributed by atoms with Gasteiger partial charge in [0.2, 0.25) is 5.91 Å². The number of amides is 1. The Hall–Kier alpha value is -1.81. The van der Waals surface area contributed by atoms with Crippen LogP contribution in [0.4, 0.5) is 0 Å². The van der Waals surface area contributed by atoms with E-state index in [9.17, 15) is 4.79 Å². The highest BCUT2D eigenvalue weighted by Gasteiger charge is 2.22. The van der Waals surface area contributed by atoms with E-state index in [2.05, 4.69) is 10.3 Å². The SMILES string of the molecule is Cn1ccnc1C(NC(=O)CCC1CCCC1)c1ccc(Cl)cc1. The second-order valence-electron chi connectivity index (χ2n) is 6.64. The van der Waals surface area contributed by atoms with Gasteiger partial charge in [-0.1, -0.05) is 49.4 Å². The van der Waals surface area contributed by atoms with Crippen molar-refractivity contribution in [2.45, 2.75) is 44.6 Å². The number of hydrogen-bond donors (Lipinski definition) is 1.